The quantitative estimate of drug-likeness (QED) is 0.661. The Labute approximate surface area is 160 Å². The first-order valence-corrected chi connectivity index (χ1v) is 9.48. The lowest BCUT2D eigenvalue weighted by Gasteiger charge is -2.12. The Bertz CT molecular complexity index is 910. The van der Waals surface area contributed by atoms with Crippen LogP contribution in [0.2, 0.25) is 0 Å². The second kappa shape index (κ2) is 8.71. The minimum Gasteiger partial charge on any atom is -0.492 e. The molecule has 3 aromatic rings. The Morgan fingerprint density at radius 2 is 1.89 bits per heavy atom. The minimum absolute atomic E-state index is 0.0656. The molecular weight excluding hydrogens is 338 g/mol. The predicted molar refractivity (Wildman–Crippen MR) is 108 cm³/mol. The Balaban J connectivity index is 1.71. The van der Waals surface area contributed by atoms with Crippen LogP contribution >= 0.6 is 0 Å². The molecule has 1 heterocycles. The van der Waals surface area contributed by atoms with Gasteiger partial charge in [-0.05, 0) is 49.2 Å². The summed E-state index contributed by atoms with van der Waals surface area (Å²) in [5, 5.41) is 2.92. The highest BCUT2D eigenvalue weighted by molar-refractivity contribution is 5.76. The van der Waals surface area contributed by atoms with Gasteiger partial charge in [0.1, 0.15) is 18.2 Å². The maximum atomic E-state index is 11.5. The molecule has 3 rings (SSSR count). The van der Waals surface area contributed by atoms with E-state index in [0.717, 1.165) is 22.6 Å². The summed E-state index contributed by atoms with van der Waals surface area (Å²) in [4.78, 5) is 16.2. The van der Waals surface area contributed by atoms with E-state index in [2.05, 4.69) is 48.0 Å². The van der Waals surface area contributed by atoms with Gasteiger partial charge in [0.25, 0.3) is 0 Å². The molecule has 0 saturated carbocycles. The van der Waals surface area contributed by atoms with E-state index in [-0.39, 0.29) is 5.91 Å². The van der Waals surface area contributed by atoms with Gasteiger partial charge in [-0.2, -0.15) is 0 Å². The van der Waals surface area contributed by atoms with Crippen molar-refractivity contribution in [3.05, 3.63) is 59.4 Å². The van der Waals surface area contributed by atoms with Crippen LogP contribution in [0.5, 0.6) is 5.75 Å². The van der Waals surface area contributed by atoms with Crippen LogP contribution in [0.4, 0.5) is 0 Å². The lowest BCUT2D eigenvalue weighted by Crippen LogP contribution is -2.25. The first kappa shape index (κ1) is 19.0. The van der Waals surface area contributed by atoms with Crippen molar-refractivity contribution in [3.63, 3.8) is 0 Å². The number of nitrogens with zero attached hydrogens (tertiary/aromatic N) is 2. The summed E-state index contributed by atoms with van der Waals surface area (Å²) in [5.41, 5.74) is 4.47. The van der Waals surface area contributed by atoms with Crippen LogP contribution in [-0.2, 0) is 17.8 Å². The Hall–Kier alpha value is -2.82. The van der Waals surface area contributed by atoms with E-state index in [0.29, 0.717) is 32.5 Å². The van der Waals surface area contributed by atoms with Crippen molar-refractivity contribution in [2.24, 2.45) is 0 Å². The number of carbonyl (C=O) groups excluding carboxylic acids is 1. The molecule has 0 aliphatic carbocycles. The van der Waals surface area contributed by atoms with Crippen LogP contribution < -0.4 is 10.1 Å². The SMILES string of the molecule is CCC(=O)NCCc1nc2ccccc2n1CCOc1cc(C)cc(C)c1. The monoisotopic (exact) mass is 365 g/mol. The fourth-order valence-electron chi connectivity index (χ4n) is 3.28. The number of hydrogen-bond acceptors (Lipinski definition) is 3. The highest BCUT2D eigenvalue weighted by atomic mass is 16.5. The molecule has 1 N–H and O–H groups in total. The average molecular weight is 365 g/mol. The van der Waals surface area contributed by atoms with Gasteiger partial charge in [0, 0.05) is 19.4 Å². The van der Waals surface area contributed by atoms with Gasteiger partial charge in [-0.1, -0.05) is 25.1 Å². The third kappa shape index (κ3) is 4.88. The molecule has 0 unspecified atom stereocenters. The number of fused-ring (bicyclic) bond motifs is 1. The zero-order valence-corrected chi connectivity index (χ0v) is 16.3. The largest absolute Gasteiger partial charge is 0.492 e. The van der Waals surface area contributed by atoms with Crippen LogP contribution in [0.25, 0.3) is 11.0 Å². The van der Waals surface area contributed by atoms with Crippen molar-refractivity contribution < 1.29 is 9.53 Å². The number of hydrogen-bond donors (Lipinski definition) is 1. The third-order valence-electron chi connectivity index (χ3n) is 4.50. The zero-order valence-electron chi connectivity index (χ0n) is 16.3. The van der Waals surface area contributed by atoms with Crippen molar-refractivity contribution >= 4 is 16.9 Å². The number of aromatic nitrogens is 2. The second-order valence-corrected chi connectivity index (χ2v) is 6.79. The molecule has 142 valence electrons. The van der Waals surface area contributed by atoms with Gasteiger partial charge < -0.3 is 14.6 Å². The average Bonchev–Trinajstić information content (AvgIpc) is 2.98. The normalized spacial score (nSPS) is 10.9. The van der Waals surface area contributed by atoms with Crippen LogP contribution in [0, 0.1) is 13.8 Å². The van der Waals surface area contributed by atoms with Gasteiger partial charge in [-0.3, -0.25) is 4.79 Å². The highest BCUT2D eigenvalue weighted by Crippen LogP contribution is 2.18. The van der Waals surface area contributed by atoms with Crippen molar-refractivity contribution in [2.45, 2.75) is 40.2 Å². The van der Waals surface area contributed by atoms with E-state index in [4.69, 9.17) is 9.72 Å². The molecule has 0 aliphatic heterocycles. The van der Waals surface area contributed by atoms with Gasteiger partial charge in [-0.25, -0.2) is 4.98 Å². The van der Waals surface area contributed by atoms with E-state index in [9.17, 15) is 4.79 Å². The molecule has 0 atom stereocenters. The molecule has 0 saturated heterocycles. The first-order valence-electron chi connectivity index (χ1n) is 9.48. The van der Waals surface area contributed by atoms with Gasteiger partial charge in [-0.15, -0.1) is 0 Å². The number of amides is 1. The van der Waals surface area contributed by atoms with Gasteiger partial charge in [0.2, 0.25) is 5.91 Å². The summed E-state index contributed by atoms with van der Waals surface area (Å²) >= 11 is 0. The number of benzene rings is 2. The topological polar surface area (TPSA) is 56.2 Å². The van der Waals surface area contributed by atoms with Crippen molar-refractivity contribution in [3.8, 4) is 5.75 Å². The number of nitrogens with one attached hydrogen (secondary N) is 1. The molecule has 0 aliphatic rings. The van der Waals surface area contributed by atoms with Crippen LogP contribution in [0.1, 0.15) is 30.3 Å². The highest BCUT2D eigenvalue weighted by Gasteiger charge is 2.11. The summed E-state index contributed by atoms with van der Waals surface area (Å²) in [7, 11) is 0. The van der Waals surface area contributed by atoms with E-state index < -0.39 is 0 Å². The second-order valence-electron chi connectivity index (χ2n) is 6.79. The van der Waals surface area contributed by atoms with E-state index in [1.54, 1.807) is 0 Å². The number of para-hydroxylation sites is 2. The van der Waals surface area contributed by atoms with Crippen molar-refractivity contribution in [2.75, 3.05) is 13.2 Å². The number of imidazole rings is 1. The number of rotatable bonds is 8. The van der Waals surface area contributed by atoms with Gasteiger partial charge in [0.05, 0.1) is 17.6 Å². The lowest BCUT2D eigenvalue weighted by atomic mass is 10.1. The summed E-state index contributed by atoms with van der Waals surface area (Å²) < 4.78 is 8.18. The molecule has 1 amide bonds. The van der Waals surface area contributed by atoms with Crippen molar-refractivity contribution in [1.82, 2.24) is 14.9 Å². The fraction of sp³-hybridized carbons (Fsp3) is 0.364. The molecule has 2 aromatic carbocycles. The van der Waals surface area contributed by atoms with E-state index in [1.807, 2.05) is 25.1 Å². The molecule has 0 radical (unpaired) electrons. The van der Waals surface area contributed by atoms with E-state index in [1.165, 1.54) is 11.1 Å². The molecule has 27 heavy (non-hydrogen) atoms. The summed E-state index contributed by atoms with van der Waals surface area (Å²) in [5.74, 6) is 1.93. The van der Waals surface area contributed by atoms with Crippen LogP contribution in [0.3, 0.4) is 0 Å². The predicted octanol–water partition coefficient (Wildman–Crippen LogP) is 3.80. The Morgan fingerprint density at radius 3 is 2.63 bits per heavy atom. The molecule has 5 heteroatoms. The maximum absolute atomic E-state index is 11.5. The standard InChI is InChI=1S/C22H27N3O2/c1-4-22(26)23-10-9-21-24-19-7-5-6-8-20(19)25(21)11-12-27-18-14-16(2)13-17(3)15-18/h5-8,13-15H,4,9-12H2,1-3H3,(H,23,26). The zero-order chi connectivity index (χ0) is 19.2. The summed E-state index contributed by atoms with van der Waals surface area (Å²) in [6, 6.07) is 14.4. The molecule has 0 bridgehead atoms. The maximum Gasteiger partial charge on any atom is 0.219 e. The van der Waals surface area contributed by atoms with Crippen molar-refractivity contribution in [1.29, 1.82) is 0 Å². The molecule has 0 spiro atoms. The number of ether oxygens (including phenoxy) is 1. The third-order valence-corrected chi connectivity index (χ3v) is 4.50. The number of aryl methyl sites for hydroxylation is 2. The molecule has 0 fully saturated rings. The molecule has 5 nitrogen and oxygen atoms in total. The molecular formula is C22H27N3O2. The Kier molecular flexibility index (Phi) is 6.12. The van der Waals surface area contributed by atoms with Gasteiger partial charge in [0.15, 0.2) is 0 Å². The van der Waals surface area contributed by atoms with Crippen LogP contribution in [0.15, 0.2) is 42.5 Å². The lowest BCUT2D eigenvalue weighted by molar-refractivity contribution is -0.120. The minimum atomic E-state index is 0.0656. The van der Waals surface area contributed by atoms with Gasteiger partial charge >= 0.3 is 0 Å². The van der Waals surface area contributed by atoms with Crippen LogP contribution in [-0.4, -0.2) is 28.6 Å². The Morgan fingerprint density at radius 1 is 1.15 bits per heavy atom. The number of carbonyl (C=O) groups is 1. The summed E-state index contributed by atoms with van der Waals surface area (Å²) in [6.45, 7) is 7.88. The first-order chi connectivity index (χ1) is 13.1. The smallest absolute Gasteiger partial charge is 0.219 e. The van der Waals surface area contributed by atoms with E-state index >= 15 is 0 Å². The summed E-state index contributed by atoms with van der Waals surface area (Å²) in [6.07, 6.45) is 1.20. The molecule has 1 aromatic heterocycles. The fourth-order valence-corrected chi connectivity index (χ4v) is 3.28.